The van der Waals surface area contributed by atoms with Gasteiger partial charge in [0, 0.05) is 11.1 Å². The average molecular weight is 456 g/mol. The minimum absolute atomic E-state index is 0.0112. The van der Waals surface area contributed by atoms with Crippen LogP contribution in [0.5, 0.6) is 11.5 Å². The van der Waals surface area contributed by atoms with E-state index < -0.39 is 13.2 Å². The number of ether oxygens (including phenoxy) is 2. The SMILES string of the molecule is Cc1ccc(-n2nc(-c3cccc(OC(F)F)c3)cc2-c2cccc(OC(F)F)c2)cc1C. The maximum Gasteiger partial charge on any atom is 0.387 e. The van der Waals surface area contributed by atoms with Gasteiger partial charge in [-0.3, -0.25) is 0 Å². The van der Waals surface area contributed by atoms with Crippen molar-refractivity contribution in [3.8, 4) is 39.7 Å². The lowest BCUT2D eigenvalue weighted by atomic mass is 10.1. The molecule has 1 heterocycles. The first-order chi connectivity index (χ1) is 15.8. The Kier molecular flexibility index (Phi) is 6.35. The van der Waals surface area contributed by atoms with Crippen LogP contribution in [0.3, 0.4) is 0 Å². The fraction of sp³-hybridized carbons (Fsp3) is 0.160. The molecule has 0 N–H and O–H groups in total. The van der Waals surface area contributed by atoms with Crippen molar-refractivity contribution in [1.82, 2.24) is 9.78 Å². The van der Waals surface area contributed by atoms with E-state index in [1.54, 1.807) is 35.0 Å². The van der Waals surface area contributed by atoms with Gasteiger partial charge in [-0.1, -0.05) is 30.3 Å². The summed E-state index contributed by atoms with van der Waals surface area (Å²) in [5, 5.41) is 4.69. The molecule has 0 bridgehead atoms. The Morgan fingerprint density at radius 1 is 0.697 bits per heavy atom. The molecule has 0 aliphatic carbocycles. The summed E-state index contributed by atoms with van der Waals surface area (Å²) >= 11 is 0. The predicted molar refractivity (Wildman–Crippen MR) is 117 cm³/mol. The van der Waals surface area contributed by atoms with Crippen molar-refractivity contribution in [1.29, 1.82) is 0 Å². The van der Waals surface area contributed by atoms with Gasteiger partial charge in [-0.05, 0) is 67.4 Å². The molecule has 3 aromatic carbocycles. The van der Waals surface area contributed by atoms with Crippen LogP contribution >= 0.6 is 0 Å². The number of halogens is 4. The lowest BCUT2D eigenvalue weighted by molar-refractivity contribution is -0.0505. The molecule has 0 saturated heterocycles. The van der Waals surface area contributed by atoms with E-state index in [9.17, 15) is 17.6 Å². The molecule has 1 aromatic heterocycles. The van der Waals surface area contributed by atoms with Crippen molar-refractivity contribution in [2.45, 2.75) is 27.1 Å². The quantitative estimate of drug-likeness (QED) is 0.280. The van der Waals surface area contributed by atoms with Gasteiger partial charge < -0.3 is 9.47 Å². The van der Waals surface area contributed by atoms with Crippen LogP contribution in [0.2, 0.25) is 0 Å². The highest BCUT2D eigenvalue weighted by Gasteiger charge is 2.16. The summed E-state index contributed by atoms with van der Waals surface area (Å²) in [5.74, 6) is 0.0290. The Labute approximate surface area is 188 Å². The van der Waals surface area contributed by atoms with Crippen LogP contribution in [-0.4, -0.2) is 23.0 Å². The highest BCUT2D eigenvalue weighted by Crippen LogP contribution is 2.32. The van der Waals surface area contributed by atoms with Crippen LogP contribution < -0.4 is 9.47 Å². The number of aryl methyl sites for hydroxylation is 2. The van der Waals surface area contributed by atoms with Crippen molar-refractivity contribution >= 4 is 0 Å². The summed E-state index contributed by atoms with van der Waals surface area (Å²) in [7, 11) is 0. The third-order valence-electron chi connectivity index (χ3n) is 5.15. The summed E-state index contributed by atoms with van der Waals surface area (Å²) in [6.07, 6.45) is 0. The molecule has 0 fully saturated rings. The number of rotatable bonds is 7. The molecule has 0 spiro atoms. The molecule has 0 radical (unpaired) electrons. The Hall–Kier alpha value is -3.81. The molecule has 0 aliphatic rings. The molecule has 4 rings (SSSR count). The zero-order valence-electron chi connectivity index (χ0n) is 17.8. The number of hydrogen-bond acceptors (Lipinski definition) is 3. The molecule has 33 heavy (non-hydrogen) atoms. The molecule has 8 heteroatoms. The molecule has 0 amide bonds. The van der Waals surface area contributed by atoms with Gasteiger partial charge in [0.15, 0.2) is 0 Å². The summed E-state index contributed by atoms with van der Waals surface area (Å²) in [6, 6.07) is 20.1. The Bertz CT molecular complexity index is 1270. The van der Waals surface area contributed by atoms with Crippen molar-refractivity contribution < 1.29 is 27.0 Å². The normalized spacial score (nSPS) is 11.3. The van der Waals surface area contributed by atoms with Crippen molar-refractivity contribution in [2.24, 2.45) is 0 Å². The zero-order valence-corrected chi connectivity index (χ0v) is 17.8. The number of nitrogens with zero attached hydrogens (tertiary/aromatic N) is 2. The van der Waals surface area contributed by atoms with E-state index in [2.05, 4.69) is 9.47 Å². The third-order valence-corrected chi connectivity index (χ3v) is 5.15. The van der Waals surface area contributed by atoms with Crippen molar-refractivity contribution in [3.05, 3.63) is 83.9 Å². The van der Waals surface area contributed by atoms with Crippen LogP contribution in [0.15, 0.2) is 72.8 Å². The second kappa shape index (κ2) is 9.36. The molecule has 4 nitrogen and oxygen atoms in total. The Morgan fingerprint density at radius 3 is 1.91 bits per heavy atom. The van der Waals surface area contributed by atoms with Gasteiger partial charge in [0.05, 0.1) is 17.1 Å². The maximum absolute atomic E-state index is 12.7. The zero-order chi connectivity index (χ0) is 23.5. The number of aromatic nitrogens is 2. The van der Waals surface area contributed by atoms with Gasteiger partial charge in [0.1, 0.15) is 11.5 Å². The van der Waals surface area contributed by atoms with Gasteiger partial charge in [-0.2, -0.15) is 22.7 Å². The van der Waals surface area contributed by atoms with Gasteiger partial charge in [0.25, 0.3) is 0 Å². The molecule has 4 aromatic rings. The minimum atomic E-state index is -2.95. The molecular formula is C25H20F4N2O2. The molecule has 0 saturated carbocycles. The van der Waals surface area contributed by atoms with E-state index in [1.807, 2.05) is 32.0 Å². The molecule has 170 valence electrons. The molecule has 0 unspecified atom stereocenters. The van der Waals surface area contributed by atoms with Crippen molar-refractivity contribution in [3.63, 3.8) is 0 Å². The van der Waals surface area contributed by atoms with E-state index in [0.29, 0.717) is 22.5 Å². The molecule has 0 aliphatic heterocycles. The first-order valence-corrected chi connectivity index (χ1v) is 10.1. The van der Waals surface area contributed by atoms with Crippen LogP contribution in [-0.2, 0) is 0 Å². The number of alkyl halides is 4. The topological polar surface area (TPSA) is 36.3 Å². The predicted octanol–water partition coefficient (Wildman–Crippen LogP) is 7.03. The van der Waals surface area contributed by atoms with Gasteiger partial charge in [-0.15, -0.1) is 0 Å². The van der Waals surface area contributed by atoms with Crippen LogP contribution in [0.25, 0.3) is 28.2 Å². The number of benzene rings is 3. The smallest absolute Gasteiger partial charge is 0.387 e. The highest BCUT2D eigenvalue weighted by molar-refractivity contribution is 5.72. The molecular weight excluding hydrogens is 436 g/mol. The van der Waals surface area contributed by atoms with E-state index >= 15 is 0 Å². The minimum Gasteiger partial charge on any atom is -0.435 e. The summed E-state index contributed by atoms with van der Waals surface area (Å²) in [4.78, 5) is 0. The van der Waals surface area contributed by atoms with E-state index in [1.165, 1.54) is 24.3 Å². The van der Waals surface area contributed by atoms with E-state index in [4.69, 9.17) is 5.10 Å². The van der Waals surface area contributed by atoms with Gasteiger partial charge in [0.2, 0.25) is 0 Å². The van der Waals surface area contributed by atoms with Crippen LogP contribution in [0.4, 0.5) is 17.6 Å². The standard InChI is InChI=1S/C25H20F4N2O2/c1-15-9-10-19(11-16(15)2)31-23(18-6-4-8-21(13-18)33-25(28)29)14-22(30-31)17-5-3-7-20(12-17)32-24(26)27/h3-14,24-25H,1-2H3. The van der Waals surface area contributed by atoms with Crippen LogP contribution in [0, 0.1) is 13.8 Å². The van der Waals surface area contributed by atoms with Gasteiger partial charge >= 0.3 is 13.2 Å². The first kappa shape index (κ1) is 22.4. The fourth-order valence-electron chi connectivity index (χ4n) is 3.45. The Morgan fingerprint density at radius 2 is 1.30 bits per heavy atom. The summed E-state index contributed by atoms with van der Waals surface area (Å²) in [6.45, 7) is -1.92. The summed E-state index contributed by atoms with van der Waals surface area (Å²) < 4.78 is 61.5. The van der Waals surface area contributed by atoms with Crippen molar-refractivity contribution in [2.75, 3.05) is 0 Å². The first-order valence-electron chi connectivity index (χ1n) is 10.1. The Balaban J connectivity index is 1.85. The van der Waals surface area contributed by atoms with E-state index in [0.717, 1.165) is 16.8 Å². The van der Waals surface area contributed by atoms with Gasteiger partial charge in [-0.25, -0.2) is 4.68 Å². The lowest BCUT2D eigenvalue weighted by Gasteiger charge is -2.11. The maximum atomic E-state index is 12.7. The average Bonchev–Trinajstić information content (AvgIpc) is 3.21. The fourth-order valence-corrected chi connectivity index (χ4v) is 3.45. The second-order valence-electron chi connectivity index (χ2n) is 7.41. The summed E-state index contributed by atoms with van der Waals surface area (Å²) in [5.41, 5.74) is 5.22. The second-order valence-corrected chi connectivity index (χ2v) is 7.41. The van der Waals surface area contributed by atoms with E-state index in [-0.39, 0.29) is 11.5 Å². The lowest BCUT2D eigenvalue weighted by Crippen LogP contribution is -2.03. The van der Waals surface area contributed by atoms with Crippen LogP contribution in [0.1, 0.15) is 11.1 Å². The number of hydrogen-bond donors (Lipinski definition) is 0. The third kappa shape index (κ3) is 5.16. The monoisotopic (exact) mass is 456 g/mol. The highest BCUT2D eigenvalue weighted by atomic mass is 19.3. The largest absolute Gasteiger partial charge is 0.435 e. The molecule has 0 atom stereocenters.